The number of Topliss-reactive ketones (excluding diaryl/α,β-unsaturated/α-hetero) is 1. The zero-order chi connectivity index (χ0) is 11.5. The highest BCUT2D eigenvalue weighted by molar-refractivity contribution is 9.10. The van der Waals surface area contributed by atoms with E-state index >= 15 is 0 Å². The molecular formula is C12H8BrFOS. The van der Waals surface area contributed by atoms with Crippen molar-refractivity contribution in [2.75, 3.05) is 0 Å². The van der Waals surface area contributed by atoms with Crippen LogP contribution >= 0.6 is 27.3 Å². The fourth-order valence-corrected chi connectivity index (χ4v) is 2.42. The molecule has 82 valence electrons. The van der Waals surface area contributed by atoms with Crippen LogP contribution in [0.1, 0.15) is 15.2 Å². The molecule has 4 heteroatoms. The average molecular weight is 299 g/mol. The van der Waals surface area contributed by atoms with E-state index in [-0.39, 0.29) is 17.8 Å². The molecule has 0 N–H and O–H groups in total. The monoisotopic (exact) mass is 298 g/mol. The Kier molecular flexibility index (Phi) is 3.51. The Hall–Kier alpha value is -1.00. The first-order valence-electron chi connectivity index (χ1n) is 4.67. The number of thiophene rings is 1. The summed E-state index contributed by atoms with van der Waals surface area (Å²) in [6.45, 7) is 0. The van der Waals surface area contributed by atoms with Gasteiger partial charge in [0, 0.05) is 15.8 Å². The van der Waals surface area contributed by atoms with Crippen LogP contribution in [0.15, 0.2) is 40.2 Å². The number of carbonyl (C=O) groups excluding carboxylic acids is 1. The SMILES string of the molecule is O=C(Cc1cccs1)c1ccc(Br)cc1F. The Bertz CT molecular complexity index is 508. The summed E-state index contributed by atoms with van der Waals surface area (Å²) in [5.74, 6) is -0.664. The van der Waals surface area contributed by atoms with Gasteiger partial charge in [0.2, 0.25) is 0 Å². The molecule has 0 radical (unpaired) electrons. The molecule has 2 rings (SSSR count). The first-order valence-corrected chi connectivity index (χ1v) is 6.35. The number of carbonyl (C=O) groups is 1. The molecule has 0 bridgehead atoms. The molecule has 0 spiro atoms. The minimum absolute atomic E-state index is 0.150. The molecule has 0 saturated carbocycles. The van der Waals surface area contributed by atoms with Gasteiger partial charge in [-0.15, -0.1) is 11.3 Å². The first kappa shape index (κ1) is 11.5. The molecule has 2 aromatic rings. The standard InChI is InChI=1S/C12H8BrFOS/c13-8-3-4-10(11(14)6-8)12(15)7-9-2-1-5-16-9/h1-6H,7H2. The number of halogens is 2. The predicted octanol–water partition coefficient (Wildman–Crippen LogP) is 4.08. The zero-order valence-electron chi connectivity index (χ0n) is 8.24. The number of rotatable bonds is 3. The summed E-state index contributed by atoms with van der Waals surface area (Å²) in [7, 11) is 0. The summed E-state index contributed by atoms with van der Waals surface area (Å²) in [6.07, 6.45) is 0.260. The quantitative estimate of drug-likeness (QED) is 0.781. The van der Waals surface area contributed by atoms with E-state index in [2.05, 4.69) is 15.9 Å². The Morgan fingerprint density at radius 2 is 2.19 bits per heavy atom. The van der Waals surface area contributed by atoms with Crippen molar-refractivity contribution in [1.82, 2.24) is 0 Å². The fourth-order valence-electron chi connectivity index (χ4n) is 1.38. The summed E-state index contributed by atoms with van der Waals surface area (Å²) < 4.78 is 14.1. The van der Waals surface area contributed by atoms with Crippen LogP contribution in [0.2, 0.25) is 0 Å². The molecule has 0 saturated heterocycles. The molecule has 0 fully saturated rings. The lowest BCUT2D eigenvalue weighted by atomic mass is 10.1. The summed E-state index contributed by atoms with van der Waals surface area (Å²) >= 11 is 4.66. The first-order chi connectivity index (χ1) is 7.66. The van der Waals surface area contributed by atoms with E-state index in [1.165, 1.54) is 23.5 Å². The smallest absolute Gasteiger partial charge is 0.170 e. The van der Waals surface area contributed by atoms with Crippen LogP contribution in [-0.2, 0) is 6.42 Å². The van der Waals surface area contributed by atoms with Gasteiger partial charge in [-0.2, -0.15) is 0 Å². The van der Waals surface area contributed by atoms with Gasteiger partial charge in [0.1, 0.15) is 5.82 Å². The Morgan fingerprint density at radius 1 is 1.38 bits per heavy atom. The van der Waals surface area contributed by atoms with Crippen LogP contribution in [-0.4, -0.2) is 5.78 Å². The van der Waals surface area contributed by atoms with Gasteiger partial charge in [0.05, 0.1) is 5.56 Å². The van der Waals surface area contributed by atoms with E-state index in [0.29, 0.717) is 4.47 Å². The highest BCUT2D eigenvalue weighted by atomic mass is 79.9. The molecule has 0 unspecified atom stereocenters. The molecule has 1 heterocycles. The molecular weight excluding hydrogens is 291 g/mol. The zero-order valence-corrected chi connectivity index (χ0v) is 10.6. The minimum Gasteiger partial charge on any atom is -0.294 e. The number of hydrogen-bond donors (Lipinski definition) is 0. The third-order valence-electron chi connectivity index (χ3n) is 2.15. The highest BCUT2D eigenvalue weighted by Crippen LogP contribution is 2.18. The summed E-state index contributed by atoms with van der Waals surface area (Å²) in [4.78, 5) is 12.7. The van der Waals surface area contributed by atoms with Gasteiger partial charge in [0.25, 0.3) is 0 Å². The van der Waals surface area contributed by atoms with Crippen molar-refractivity contribution in [1.29, 1.82) is 0 Å². The van der Waals surface area contributed by atoms with Crippen LogP contribution in [0.5, 0.6) is 0 Å². The van der Waals surface area contributed by atoms with Crippen molar-refractivity contribution >= 4 is 33.0 Å². The fraction of sp³-hybridized carbons (Fsp3) is 0.0833. The molecule has 1 nitrogen and oxygen atoms in total. The second-order valence-corrected chi connectivity index (χ2v) is 5.25. The van der Waals surface area contributed by atoms with Crippen molar-refractivity contribution in [3.63, 3.8) is 0 Å². The maximum absolute atomic E-state index is 13.5. The second-order valence-electron chi connectivity index (χ2n) is 3.30. The third kappa shape index (κ3) is 2.57. The molecule has 1 aromatic carbocycles. The highest BCUT2D eigenvalue weighted by Gasteiger charge is 2.12. The van der Waals surface area contributed by atoms with Crippen molar-refractivity contribution in [3.8, 4) is 0 Å². The third-order valence-corrected chi connectivity index (χ3v) is 3.52. The molecule has 16 heavy (non-hydrogen) atoms. The van der Waals surface area contributed by atoms with Gasteiger partial charge in [0.15, 0.2) is 5.78 Å². The normalized spacial score (nSPS) is 10.4. The van der Waals surface area contributed by atoms with E-state index in [9.17, 15) is 9.18 Å². The van der Waals surface area contributed by atoms with Crippen LogP contribution in [0.4, 0.5) is 4.39 Å². The van der Waals surface area contributed by atoms with E-state index in [1.807, 2.05) is 17.5 Å². The Labute approximate surface area is 105 Å². The van der Waals surface area contributed by atoms with Crippen molar-refractivity contribution in [2.24, 2.45) is 0 Å². The van der Waals surface area contributed by atoms with Crippen molar-refractivity contribution < 1.29 is 9.18 Å². The summed E-state index contributed by atoms with van der Waals surface area (Å²) in [5, 5.41) is 1.90. The number of benzene rings is 1. The molecule has 1 aromatic heterocycles. The van der Waals surface area contributed by atoms with Gasteiger partial charge in [-0.05, 0) is 29.6 Å². The topological polar surface area (TPSA) is 17.1 Å². The minimum atomic E-state index is -0.476. The van der Waals surface area contributed by atoms with Gasteiger partial charge in [-0.1, -0.05) is 22.0 Å². The van der Waals surface area contributed by atoms with Crippen LogP contribution in [0.3, 0.4) is 0 Å². The number of ketones is 1. The number of hydrogen-bond acceptors (Lipinski definition) is 2. The van der Waals surface area contributed by atoms with Crippen LogP contribution in [0, 0.1) is 5.82 Å². The lowest BCUT2D eigenvalue weighted by Gasteiger charge is -2.01. The van der Waals surface area contributed by atoms with E-state index in [0.717, 1.165) is 4.88 Å². The molecule has 0 aliphatic heterocycles. The lowest BCUT2D eigenvalue weighted by Crippen LogP contribution is -2.04. The van der Waals surface area contributed by atoms with Crippen LogP contribution in [0.25, 0.3) is 0 Å². The van der Waals surface area contributed by atoms with Gasteiger partial charge in [-0.3, -0.25) is 4.79 Å². The molecule has 0 aliphatic carbocycles. The maximum atomic E-state index is 13.5. The average Bonchev–Trinajstić information content (AvgIpc) is 2.70. The second kappa shape index (κ2) is 4.89. The predicted molar refractivity (Wildman–Crippen MR) is 66.5 cm³/mol. The molecule has 0 atom stereocenters. The molecule has 0 aliphatic rings. The Balaban J connectivity index is 2.21. The Morgan fingerprint density at radius 3 is 2.81 bits per heavy atom. The lowest BCUT2D eigenvalue weighted by molar-refractivity contribution is 0.0990. The van der Waals surface area contributed by atoms with Crippen LogP contribution < -0.4 is 0 Å². The molecule has 0 amide bonds. The van der Waals surface area contributed by atoms with Gasteiger partial charge < -0.3 is 0 Å². The van der Waals surface area contributed by atoms with E-state index in [1.54, 1.807) is 6.07 Å². The van der Waals surface area contributed by atoms with E-state index in [4.69, 9.17) is 0 Å². The van der Waals surface area contributed by atoms with E-state index < -0.39 is 5.82 Å². The maximum Gasteiger partial charge on any atom is 0.170 e. The largest absolute Gasteiger partial charge is 0.294 e. The van der Waals surface area contributed by atoms with Crippen molar-refractivity contribution in [3.05, 3.63) is 56.4 Å². The summed E-state index contributed by atoms with van der Waals surface area (Å²) in [5.41, 5.74) is 0.150. The summed E-state index contributed by atoms with van der Waals surface area (Å²) in [6, 6.07) is 8.24. The van der Waals surface area contributed by atoms with Crippen molar-refractivity contribution in [2.45, 2.75) is 6.42 Å². The van der Waals surface area contributed by atoms with Gasteiger partial charge in [-0.25, -0.2) is 4.39 Å². The van der Waals surface area contributed by atoms with Gasteiger partial charge >= 0.3 is 0 Å².